The van der Waals surface area contributed by atoms with Crippen molar-refractivity contribution in [3.8, 4) is 0 Å². The van der Waals surface area contributed by atoms with Gasteiger partial charge in [0.15, 0.2) is 0 Å². The topological polar surface area (TPSA) is 96.2 Å². The summed E-state index contributed by atoms with van der Waals surface area (Å²) in [6, 6.07) is 0. The van der Waals surface area contributed by atoms with Crippen molar-refractivity contribution in [1.82, 2.24) is 14.9 Å². The minimum atomic E-state index is -0.0251. The van der Waals surface area contributed by atoms with Gasteiger partial charge in [-0.05, 0) is 13.8 Å². The summed E-state index contributed by atoms with van der Waals surface area (Å²) in [7, 11) is 3.41. The average Bonchev–Trinajstić information content (AvgIpc) is 2.29. The third-order valence-electron chi connectivity index (χ3n) is 2.30. The molecule has 17 heavy (non-hydrogen) atoms. The van der Waals surface area contributed by atoms with Crippen LogP contribution in [0, 0.1) is 13.8 Å². The fraction of sp³-hybridized carbons (Fsp3) is 0.500. The predicted octanol–water partition coefficient (Wildman–Crippen LogP) is -0.121. The van der Waals surface area contributed by atoms with Crippen LogP contribution >= 0.6 is 0 Å². The Morgan fingerprint density at radius 3 is 2.41 bits per heavy atom. The van der Waals surface area contributed by atoms with Gasteiger partial charge in [-0.1, -0.05) is 0 Å². The molecule has 0 saturated carbocycles. The fourth-order valence-corrected chi connectivity index (χ4v) is 1.26. The molecule has 0 radical (unpaired) electrons. The number of carbonyl (C=O) groups excluding carboxylic acids is 1. The number of aryl methyl sites for hydroxylation is 1. The second kappa shape index (κ2) is 5.44. The van der Waals surface area contributed by atoms with Gasteiger partial charge in [0.1, 0.15) is 17.5 Å². The van der Waals surface area contributed by atoms with Gasteiger partial charge in [0.05, 0.1) is 6.54 Å². The Morgan fingerprint density at radius 2 is 1.88 bits per heavy atom. The van der Waals surface area contributed by atoms with E-state index in [4.69, 9.17) is 5.84 Å². The molecule has 1 rings (SSSR count). The lowest BCUT2D eigenvalue weighted by atomic mass is 10.3. The van der Waals surface area contributed by atoms with Gasteiger partial charge >= 0.3 is 0 Å². The highest BCUT2D eigenvalue weighted by Gasteiger charge is 2.10. The molecule has 0 atom stereocenters. The Bertz CT molecular complexity index is 418. The first-order valence-electron chi connectivity index (χ1n) is 5.21. The number of carbonyl (C=O) groups is 1. The maximum absolute atomic E-state index is 11.4. The molecular formula is C10H18N6O. The molecule has 0 saturated heterocycles. The van der Waals surface area contributed by atoms with Crippen LogP contribution in [0.2, 0.25) is 0 Å². The van der Waals surface area contributed by atoms with E-state index >= 15 is 0 Å². The van der Waals surface area contributed by atoms with E-state index in [1.165, 1.54) is 4.90 Å². The first-order valence-corrected chi connectivity index (χ1v) is 5.21. The van der Waals surface area contributed by atoms with Crippen molar-refractivity contribution in [3.05, 3.63) is 11.4 Å². The van der Waals surface area contributed by atoms with Gasteiger partial charge in [-0.3, -0.25) is 4.79 Å². The normalized spacial score (nSPS) is 9.94. The molecule has 0 unspecified atom stereocenters. The summed E-state index contributed by atoms with van der Waals surface area (Å²) in [5.41, 5.74) is 3.28. The smallest absolute Gasteiger partial charge is 0.241 e. The molecular weight excluding hydrogens is 220 g/mol. The van der Waals surface area contributed by atoms with E-state index in [2.05, 4.69) is 20.7 Å². The number of likely N-dealkylation sites (N-methyl/N-ethyl adjacent to an activating group) is 1. The van der Waals surface area contributed by atoms with E-state index in [1.54, 1.807) is 21.0 Å². The highest BCUT2D eigenvalue weighted by Crippen LogP contribution is 2.18. The zero-order valence-corrected chi connectivity index (χ0v) is 10.5. The number of nitrogens with two attached hydrogens (primary N) is 1. The SMILES string of the molecule is Cc1nc(NN)c(C)c(NCC(=O)N(C)C)n1. The van der Waals surface area contributed by atoms with E-state index in [0.29, 0.717) is 17.5 Å². The van der Waals surface area contributed by atoms with Gasteiger partial charge in [0, 0.05) is 19.7 Å². The molecule has 0 bridgehead atoms. The minimum Gasteiger partial charge on any atom is -0.361 e. The van der Waals surface area contributed by atoms with E-state index in [-0.39, 0.29) is 12.5 Å². The first kappa shape index (κ1) is 13.2. The van der Waals surface area contributed by atoms with Gasteiger partial charge in [-0.2, -0.15) is 0 Å². The number of anilines is 2. The quantitative estimate of drug-likeness (QED) is 0.500. The molecule has 0 aliphatic carbocycles. The van der Waals surface area contributed by atoms with Crippen LogP contribution in [-0.2, 0) is 4.79 Å². The zero-order chi connectivity index (χ0) is 13.0. The Labute approximate surface area is 100 Å². The number of hydrogen-bond acceptors (Lipinski definition) is 6. The fourth-order valence-electron chi connectivity index (χ4n) is 1.26. The van der Waals surface area contributed by atoms with Crippen LogP contribution in [0.5, 0.6) is 0 Å². The maximum atomic E-state index is 11.4. The molecule has 1 heterocycles. The van der Waals surface area contributed by atoms with Crippen molar-refractivity contribution in [2.45, 2.75) is 13.8 Å². The Balaban J connectivity index is 2.84. The van der Waals surface area contributed by atoms with Crippen molar-refractivity contribution in [2.24, 2.45) is 5.84 Å². The number of rotatable bonds is 4. The van der Waals surface area contributed by atoms with Crippen LogP contribution in [-0.4, -0.2) is 41.4 Å². The summed E-state index contributed by atoms with van der Waals surface area (Å²) in [5.74, 6) is 7.08. The third kappa shape index (κ3) is 3.28. The summed E-state index contributed by atoms with van der Waals surface area (Å²) < 4.78 is 0. The van der Waals surface area contributed by atoms with E-state index in [1.807, 2.05) is 6.92 Å². The van der Waals surface area contributed by atoms with Crippen LogP contribution in [0.25, 0.3) is 0 Å². The lowest BCUT2D eigenvalue weighted by molar-refractivity contribution is -0.126. The Kier molecular flexibility index (Phi) is 4.22. The average molecular weight is 238 g/mol. The van der Waals surface area contributed by atoms with Crippen LogP contribution in [0.15, 0.2) is 0 Å². The number of aromatic nitrogens is 2. The predicted molar refractivity (Wildman–Crippen MR) is 66.5 cm³/mol. The van der Waals surface area contributed by atoms with Crippen molar-refractivity contribution in [2.75, 3.05) is 31.4 Å². The van der Waals surface area contributed by atoms with Crippen molar-refractivity contribution >= 4 is 17.5 Å². The summed E-state index contributed by atoms with van der Waals surface area (Å²) in [4.78, 5) is 21.3. The standard InChI is InChI=1S/C10H18N6O/c1-6-9(12-5-8(17)16(3)4)13-7(2)14-10(6)15-11/h5,11H2,1-4H3,(H2,12,13,14,15). The van der Waals surface area contributed by atoms with Crippen molar-refractivity contribution in [3.63, 3.8) is 0 Å². The maximum Gasteiger partial charge on any atom is 0.241 e. The number of amides is 1. The highest BCUT2D eigenvalue weighted by molar-refractivity contribution is 5.80. The molecule has 1 amide bonds. The van der Waals surface area contributed by atoms with Crippen LogP contribution in [0.3, 0.4) is 0 Å². The molecule has 7 nitrogen and oxygen atoms in total. The minimum absolute atomic E-state index is 0.0251. The summed E-state index contributed by atoms with van der Waals surface area (Å²) in [6.45, 7) is 3.78. The van der Waals surface area contributed by atoms with Crippen LogP contribution in [0.4, 0.5) is 11.6 Å². The third-order valence-corrected chi connectivity index (χ3v) is 2.30. The Morgan fingerprint density at radius 1 is 1.29 bits per heavy atom. The van der Waals surface area contributed by atoms with Gasteiger partial charge in [0.2, 0.25) is 5.91 Å². The summed E-state index contributed by atoms with van der Waals surface area (Å²) in [5, 5.41) is 2.97. The van der Waals surface area contributed by atoms with Gasteiger partial charge < -0.3 is 15.6 Å². The molecule has 0 aromatic carbocycles. The zero-order valence-electron chi connectivity index (χ0n) is 10.5. The molecule has 0 fully saturated rings. The molecule has 0 aliphatic rings. The molecule has 0 spiro atoms. The summed E-state index contributed by atoms with van der Waals surface area (Å²) in [6.07, 6.45) is 0. The number of hydrazine groups is 1. The number of hydrogen-bond donors (Lipinski definition) is 3. The van der Waals surface area contributed by atoms with Crippen molar-refractivity contribution in [1.29, 1.82) is 0 Å². The molecule has 0 aliphatic heterocycles. The van der Waals surface area contributed by atoms with Gasteiger partial charge in [-0.15, -0.1) is 0 Å². The highest BCUT2D eigenvalue weighted by atomic mass is 16.2. The monoisotopic (exact) mass is 238 g/mol. The molecule has 4 N–H and O–H groups in total. The number of nitrogens with one attached hydrogen (secondary N) is 2. The second-order valence-corrected chi connectivity index (χ2v) is 3.88. The number of nitrogens with zero attached hydrogens (tertiary/aromatic N) is 3. The molecule has 1 aromatic rings. The first-order chi connectivity index (χ1) is 7.95. The molecule has 1 aromatic heterocycles. The second-order valence-electron chi connectivity index (χ2n) is 3.88. The van der Waals surface area contributed by atoms with E-state index in [9.17, 15) is 4.79 Å². The lowest BCUT2D eigenvalue weighted by Crippen LogP contribution is -2.29. The largest absolute Gasteiger partial charge is 0.361 e. The van der Waals surface area contributed by atoms with E-state index in [0.717, 1.165) is 5.56 Å². The molecule has 7 heteroatoms. The Hall–Kier alpha value is -1.89. The van der Waals surface area contributed by atoms with Gasteiger partial charge in [-0.25, -0.2) is 15.8 Å². The van der Waals surface area contributed by atoms with Crippen LogP contribution < -0.4 is 16.6 Å². The van der Waals surface area contributed by atoms with E-state index < -0.39 is 0 Å². The summed E-state index contributed by atoms with van der Waals surface area (Å²) >= 11 is 0. The van der Waals surface area contributed by atoms with Crippen LogP contribution in [0.1, 0.15) is 11.4 Å². The van der Waals surface area contributed by atoms with Crippen molar-refractivity contribution < 1.29 is 4.79 Å². The number of nitrogen functional groups attached to an aromatic ring is 1. The molecule has 94 valence electrons. The van der Waals surface area contributed by atoms with Gasteiger partial charge in [0.25, 0.3) is 0 Å². The lowest BCUT2D eigenvalue weighted by Gasteiger charge is -2.14.